The molecule has 0 spiro atoms. The molecule has 0 aromatic carbocycles. The van der Waals surface area contributed by atoms with E-state index in [1.165, 1.54) is 70.1 Å². The third kappa shape index (κ3) is 7.39. The van der Waals surface area contributed by atoms with E-state index in [0.717, 1.165) is 36.8 Å². The highest BCUT2D eigenvalue weighted by Crippen LogP contribution is 2.37. The number of nitrogens with zero attached hydrogens (tertiary/aromatic N) is 3. The van der Waals surface area contributed by atoms with Crippen molar-refractivity contribution in [3.63, 3.8) is 0 Å². The highest BCUT2D eigenvalue weighted by Gasteiger charge is 2.32. The van der Waals surface area contributed by atoms with Gasteiger partial charge in [-0.3, -0.25) is 0 Å². The van der Waals surface area contributed by atoms with E-state index >= 15 is 0 Å². The molecule has 3 fully saturated rings. The van der Waals surface area contributed by atoms with Gasteiger partial charge in [-0.1, -0.05) is 68.1 Å². The standard InChI is InChI=1S/C28H37Cl2N3O4S/c29-22-15-31-25(30)14-24(22)37-28(34)33-12-10-19(11-13-33)26-32-23(18-38-26)27-35-16-20-8-6-4-2-1-3-5-7-9-21(20)17-36-27/h14-15,18-21,27H,1-13,16-17H2. The van der Waals surface area contributed by atoms with Crippen LogP contribution in [0.1, 0.15) is 93.5 Å². The number of amides is 1. The summed E-state index contributed by atoms with van der Waals surface area (Å²) < 4.78 is 18.1. The summed E-state index contributed by atoms with van der Waals surface area (Å²) in [5.41, 5.74) is 0.886. The molecule has 2 aromatic rings. The summed E-state index contributed by atoms with van der Waals surface area (Å²) in [6.45, 7) is 2.70. The second kappa shape index (κ2) is 13.8. The molecule has 0 N–H and O–H groups in total. The number of hydrogen-bond donors (Lipinski definition) is 0. The second-order valence-electron chi connectivity index (χ2n) is 10.7. The van der Waals surface area contributed by atoms with Crippen LogP contribution in [0.15, 0.2) is 17.6 Å². The van der Waals surface area contributed by atoms with Gasteiger partial charge in [0.2, 0.25) is 6.29 Å². The Hall–Kier alpha value is -1.45. The molecule has 38 heavy (non-hydrogen) atoms. The van der Waals surface area contributed by atoms with Crippen molar-refractivity contribution < 1.29 is 19.0 Å². The van der Waals surface area contributed by atoms with E-state index in [9.17, 15) is 4.79 Å². The van der Waals surface area contributed by atoms with Crippen LogP contribution in [0.25, 0.3) is 0 Å². The number of hydrogen-bond acceptors (Lipinski definition) is 7. The van der Waals surface area contributed by atoms with Gasteiger partial charge in [-0.2, -0.15) is 0 Å². The van der Waals surface area contributed by atoms with Crippen molar-refractivity contribution in [2.75, 3.05) is 26.3 Å². The van der Waals surface area contributed by atoms with E-state index in [2.05, 4.69) is 10.4 Å². The lowest BCUT2D eigenvalue weighted by molar-refractivity contribution is -0.136. The number of carbonyl (C=O) groups excluding carboxylic acids is 1. The fourth-order valence-corrected chi connectivity index (χ4v) is 7.07. The lowest BCUT2D eigenvalue weighted by Gasteiger charge is -2.30. The maximum absolute atomic E-state index is 12.7. The van der Waals surface area contributed by atoms with Crippen LogP contribution < -0.4 is 4.74 Å². The molecule has 0 bridgehead atoms. The van der Waals surface area contributed by atoms with Crippen LogP contribution in [-0.4, -0.2) is 47.3 Å². The topological polar surface area (TPSA) is 73.8 Å². The molecule has 2 saturated heterocycles. The van der Waals surface area contributed by atoms with Crippen molar-refractivity contribution in [3.8, 4) is 5.75 Å². The van der Waals surface area contributed by atoms with Gasteiger partial charge in [0.25, 0.3) is 0 Å². The summed E-state index contributed by atoms with van der Waals surface area (Å²) in [6.07, 6.45) is 14.1. The smallest absolute Gasteiger partial charge is 0.408 e. The minimum absolute atomic E-state index is 0.222. The fourth-order valence-electron chi connectivity index (χ4n) is 5.79. The van der Waals surface area contributed by atoms with Crippen molar-refractivity contribution in [1.29, 1.82) is 0 Å². The largest absolute Gasteiger partial charge is 0.415 e. The van der Waals surface area contributed by atoms with Gasteiger partial charge >= 0.3 is 6.09 Å². The third-order valence-electron chi connectivity index (χ3n) is 8.11. The predicted molar refractivity (Wildman–Crippen MR) is 149 cm³/mol. The first-order valence-corrected chi connectivity index (χ1v) is 15.7. The van der Waals surface area contributed by atoms with Crippen LogP contribution in [0, 0.1) is 11.8 Å². The molecule has 2 aromatic heterocycles. The molecule has 10 heteroatoms. The Morgan fingerprint density at radius 3 is 2.24 bits per heavy atom. The molecule has 1 amide bonds. The summed E-state index contributed by atoms with van der Waals surface area (Å²) in [4.78, 5) is 23.2. The van der Waals surface area contributed by atoms with Gasteiger partial charge in [-0.25, -0.2) is 14.8 Å². The van der Waals surface area contributed by atoms with E-state index < -0.39 is 6.09 Å². The summed E-state index contributed by atoms with van der Waals surface area (Å²) in [5.74, 6) is 1.68. The number of halogens is 2. The molecule has 208 valence electrons. The summed E-state index contributed by atoms with van der Waals surface area (Å²) in [7, 11) is 0. The number of thiazole rings is 1. The summed E-state index contributed by atoms with van der Waals surface area (Å²) >= 11 is 13.7. The maximum atomic E-state index is 12.7. The van der Waals surface area contributed by atoms with Crippen LogP contribution in [0.2, 0.25) is 10.2 Å². The van der Waals surface area contributed by atoms with Gasteiger partial charge < -0.3 is 19.1 Å². The minimum atomic E-state index is -0.428. The maximum Gasteiger partial charge on any atom is 0.415 e. The van der Waals surface area contributed by atoms with Crippen LogP contribution in [0.3, 0.4) is 0 Å². The van der Waals surface area contributed by atoms with E-state index in [4.69, 9.17) is 42.4 Å². The number of fused-ring (bicyclic) bond motifs is 1. The van der Waals surface area contributed by atoms with Crippen LogP contribution in [0.4, 0.5) is 4.79 Å². The first-order valence-electron chi connectivity index (χ1n) is 14.0. The summed E-state index contributed by atoms with van der Waals surface area (Å²) in [5, 5.41) is 3.65. The van der Waals surface area contributed by atoms with Gasteiger partial charge in [-0.05, 0) is 37.5 Å². The first kappa shape index (κ1) is 28.1. The van der Waals surface area contributed by atoms with Crippen LogP contribution in [0.5, 0.6) is 5.75 Å². The van der Waals surface area contributed by atoms with Crippen molar-refractivity contribution >= 4 is 40.6 Å². The lowest BCUT2D eigenvalue weighted by Crippen LogP contribution is -2.39. The van der Waals surface area contributed by atoms with Crippen molar-refractivity contribution in [2.24, 2.45) is 11.8 Å². The molecular weight excluding hydrogens is 545 g/mol. The zero-order valence-electron chi connectivity index (χ0n) is 21.8. The number of likely N-dealkylation sites (tertiary alicyclic amines) is 1. The third-order valence-corrected chi connectivity index (χ3v) is 9.62. The Kier molecular flexibility index (Phi) is 10.2. The van der Waals surface area contributed by atoms with E-state index in [1.807, 2.05) is 0 Å². The molecule has 1 saturated carbocycles. The Balaban J connectivity index is 1.13. The lowest BCUT2D eigenvalue weighted by atomic mass is 9.85. The normalized spacial score (nSPS) is 26.2. The average molecular weight is 583 g/mol. The van der Waals surface area contributed by atoms with Gasteiger partial charge in [0.05, 0.1) is 24.4 Å². The Morgan fingerprint density at radius 1 is 0.947 bits per heavy atom. The van der Waals surface area contributed by atoms with Gasteiger partial charge in [0.15, 0.2) is 5.75 Å². The number of rotatable bonds is 3. The number of piperidine rings is 1. The number of aromatic nitrogens is 2. The molecule has 4 heterocycles. The Labute approximate surface area is 239 Å². The second-order valence-corrected chi connectivity index (χ2v) is 12.4. The molecule has 7 nitrogen and oxygen atoms in total. The molecule has 2 unspecified atom stereocenters. The molecular formula is C28H37Cl2N3O4S. The van der Waals surface area contributed by atoms with E-state index in [-0.39, 0.29) is 22.2 Å². The van der Waals surface area contributed by atoms with Crippen molar-refractivity contribution in [3.05, 3.63) is 38.5 Å². The van der Waals surface area contributed by atoms with E-state index in [0.29, 0.717) is 30.8 Å². The average Bonchev–Trinajstić information content (AvgIpc) is 3.31. The highest BCUT2D eigenvalue weighted by molar-refractivity contribution is 7.09. The van der Waals surface area contributed by atoms with Gasteiger partial charge in [-0.15, -0.1) is 11.3 Å². The van der Waals surface area contributed by atoms with E-state index in [1.54, 1.807) is 16.2 Å². The first-order chi connectivity index (χ1) is 18.6. The highest BCUT2D eigenvalue weighted by atomic mass is 35.5. The van der Waals surface area contributed by atoms with Crippen LogP contribution in [-0.2, 0) is 9.47 Å². The van der Waals surface area contributed by atoms with Crippen molar-refractivity contribution in [1.82, 2.24) is 14.9 Å². The minimum Gasteiger partial charge on any atom is -0.408 e. The molecule has 3 aliphatic rings. The molecule has 1 aliphatic carbocycles. The van der Waals surface area contributed by atoms with Crippen LogP contribution >= 0.6 is 34.5 Å². The molecule has 0 radical (unpaired) electrons. The Morgan fingerprint density at radius 2 is 1.58 bits per heavy atom. The van der Waals surface area contributed by atoms with Gasteiger partial charge in [0, 0.05) is 30.5 Å². The molecule has 5 rings (SSSR count). The number of pyridine rings is 1. The zero-order valence-corrected chi connectivity index (χ0v) is 24.1. The number of carbonyl (C=O) groups is 1. The zero-order chi connectivity index (χ0) is 26.3. The molecule has 2 aliphatic heterocycles. The van der Waals surface area contributed by atoms with Gasteiger partial charge in [0.1, 0.15) is 15.9 Å². The SMILES string of the molecule is O=C(Oc1cc(Cl)ncc1Cl)N1CCC(c2nc(C3OCC4CCCCCCCCCC4CO3)cs2)CC1. The van der Waals surface area contributed by atoms with Crippen molar-refractivity contribution in [2.45, 2.75) is 82.8 Å². The fraction of sp³-hybridized carbons (Fsp3) is 0.679. The Bertz CT molecular complexity index is 1040. The monoisotopic (exact) mass is 581 g/mol. The quantitative estimate of drug-likeness (QED) is 0.341. The predicted octanol–water partition coefficient (Wildman–Crippen LogP) is 8.03. The summed E-state index contributed by atoms with van der Waals surface area (Å²) in [6, 6.07) is 1.45. The number of ether oxygens (including phenoxy) is 3. The molecule has 2 atom stereocenters.